The lowest BCUT2D eigenvalue weighted by Crippen LogP contribution is -2.22. The van der Waals surface area contributed by atoms with Crippen LogP contribution >= 0.6 is 0 Å². The first-order valence-electron chi connectivity index (χ1n) is 8.18. The lowest BCUT2D eigenvalue weighted by molar-refractivity contribution is 0.0919. The average Bonchev–Trinajstić information content (AvgIpc) is 3.14. The van der Waals surface area contributed by atoms with Gasteiger partial charge in [-0.15, -0.1) is 0 Å². The summed E-state index contributed by atoms with van der Waals surface area (Å²) >= 11 is 0. The van der Waals surface area contributed by atoms with Gasteiger partial charge in [0, 0.05) is 6.54 Å². The van der Waals surface area contributed by atoms with Gasteiger partial charge in [0.2, 0.25) is 10.0 Å². The summed E-state index contributed by atoms with van der Waals surface area (Å²) < 4.78 is 46.2. The highest BCUT2D eigenvalue weighted by atomic mass is 32.2. The third-order valence-electron chi connectivity index (χ3n) is 3.79. The largest absolute Gasteiger partial charge is 0.486 e. The molecule has 0 aliphatic carbocycles. The molecular weight excluding hydrogens is 387 g/mol. The summed E-state index contributed by atoms with van der Waals surface area (Å²) in [5.41, 5.74) is 0.701. The maximum absolute atomic E-state index is 12.9. The summed E-state index contributed by atoms with van der Waals surface area (Å²) in [7, 11) is -3.75. The van der Waals surface area contributed by atoms with E-state index in [4.69, 9.17) is 14.3 Å². The molecule has 1 amide bonds. The molecule has 0 aliphatic heterocycles. The van der Waals surface area contributed by atoms with Crippen LogP contribution in [0.25, 0.3) is 0 Å². The molecule has 0 radical (unpaired) electrons. The molecular formula is C19H17FN2O5S. The molecule has 3 aromatic rings. The fourth-order valence-electron chi connectivity index (χ4n) is 2.33. The third kappa shape index (κ3) is 5.18. The molecule has 9 heteroatoms. The molecule has 0 fully saturated rings. The Bertz CT molecular complexity index is 1060. The number of carbonyl (C=O) groups excluding carboxylic acids is 1. The zero-order valence-electron chi connectivity index (χ0n) is 14.6. The Labute approximate surface area is 161 Å². The van der Waals surface area contributed by atoms with E-state index in [1.54, 1.807) is 18.2 Å². The highest BCUT2D eigenvalue weighted by molar-refractivity contribution is 7.89. The summed E-state index contributed by atoms with van der Waals surface area (Å²) in [6, 6.07) is 14.5. The second kappa shape index (κ2) is 8.24. The Kier molecular flexibility index (Phi) is 5.76. The zero-order valence-corrected chi connectivity index (χ0v) is 15.4. The highest BCUT2D eigenvalue weighted by Gasteiger charge is 2.12. The highest BCUT2D eigenvalue weighted by Crippen LogP contribution is 2.15. The van der Waals surface area contributed by atoms with E-state index in [2.05, 4.69) is 5.32 Å². The van der Waals surface area contributed by atoms with E-state index in [-0.39, 0.29) is 29.6 Å². The lowest BCUT2D eigenvalue weighted by atomic mass is 10.2. The molecule has 0 unspecified atom stereocenters. The van der Waals surface area contributed by atoms with Gasteiger partial charge in [-0.1, -0.05) is 12.1 Å². The van der Waals surface area contributed by atoms with Crippen LogP contribution in [0.1, 0.15) is 21.9 Å². The predicted octanol–water partition coefficient (Wildman–Crippen LogP) is 2.58. The molecule has 1 aromatic heterocycles. The molecule has 0 bridgehead atoms. The number of furan rings is 1. The number of rotatable bonds is 7. The quantitative estimate of drug-likeness (QED) is 0.629. The van der Waals surface area contributed by atoms with Gasteiger partial charge >= 0.3 is 0 Å². The minimum atomic E-state index is -3.75. The Morgan fingerprint density at radius 3 is 2.36 bits per heavy atom. The number of amides is 1. The number of primary sulfonamides is 1. The van der Waals surface area contributed by atoms with Crippen molar-refractivity contribution in [3.05, 3.63) is 83.6 Å². The number of halogens is 1. The van der Waals surface area contributed by atoms with Crippen LogP contribution in [0.3, 0.4) is 0 Å². The second-order valence-electron chi connectivity index (χ2n) is 5.88. The molecule has 0 atom stereocenters. The number of hydrogen-bond donors (Lipinski definition) is 2. The monoisotopic (exact) mass is 404 g/mol. The fourth-order valence-corrected chi connectivity index (χ4v) is 2.84. The number of nitrogens with two attached hydrogens (primary N) is 1. The van der Waals surface area contributed by atoms with Crippen molar-refractivity contribution >= 4 is 15.9 Å². The van der Waals surface area contributed by atoms with Gasteiger partial charge in [0.25, 0.3) is 5.91 Å². The van der Waals surface area contributed by atoms with Crippen molar-refractivity contribution in [3.63, 3.8) is 0 Å². The van der Waals surface area contributed by atoms with Gasteiger partial charge in [-0.05, 0) is 54.1 Å². The molecule has 0 saturated carbocycles. The van der Waals surface area contributed by atoms with E-state index in [1.165, 1.54) is 42.5 Å². The number of nitrogens with one attached hydrogen (secondary N) is 1. The van der Waals surface area contributed by atoms with Crippen molar-refractivity contribution < 1.29 is 26.8 Å². The Morgan fingerprint density at radius 1 is 1.04 bits per heavy atom. The average molecular weight is 404 g/mol. The SMILES string of the molecule is NS(=O)(=O)c1ccc(CNC(=O)c2ccc(COc3ccc(F)cc3)o2)cc1. The van der Waals surface area contributed by atoms with E-state index >= 15 is 0 Å². The summed E-state index contributed by atoms with van der Waals surface area (Å²) in [5.74, 6) is 0.240. The van der Waals surface area contributed by atoms with E-state index in [9.17, 15) is 17.6 Å². The normalized spacial score (nSPS) is 11.2. The summed E-state index contributed by atoms with van der Waals surface area (Å²) in [6.45, 7) is 0.278. The van der Waals surface area contributed by atoms with Gasteiger partial charge in [0.05, 0.1) is 4.90 Å². The van der Waals surface area contributed by atoms with E-state index < -0.39 is 15.9 Å². The van der Waals surface area contributed by atoms with Crippen molar-refractivity contribution in [1.82, 2.24) is 5.32 Å². The predicted molar refractivity (Wildman–Crippen MR) is 98.4 cm³/mol. The second-order valence-corrected chi connectivity index (χ2v) is 7.44. The van der Waals surface area contributed by atoms with E-state index in [0.717, 1.165) is 0 Å². The summed E-state index contributed by atoms with van der Waals surface area (Å²) in [6.07, 6.45) is 0. The van der Waals surface area contributed by atoms with Crippen LogP contribution in [0.15, 0.2) is 70.0 Å². The number of carbonyl (C=O) groups is 1. The molecule has 0 saturated heterocycles. The number of sulfonamides is 1. The molecule has 3 rings (SSSR count). The molecule has 3 N–H and O–H groups in total. The Balaban J connectivity index is 1.53. The molecule has 1 heterocycles. The van der Waals surface area contributed by atoms with Crippen molar-refractivity contribution in [2.75, 3.05) is 0 Å². The Morgan fingerprint density at radius 2 is 1.71 bits per heavy atom. The summed E-state index contributed by atoms with van der Waals surface area (Å²) in [4.78, 5) is 12.2. The van der Waals surface area contributed by atoms with Gasteiger partial charge in [-0.3, -0.25) is 4.79 Å². The van der Waals surface area contributed by atoms with Gasteiger partial charge < -0.3 is 14.5 Å². The molecule has 0 aliphatic rings. The van der Waals surface area contributed by atoms with Crippen molar-refractivity contribution in [1.29, 1.82) is 0 Å². The lowest BCUT2D eigenvalue weighted by Gasteiger charge is -2.05. The van der Waals surface area contributed by atoms with Crippen molar-refractivity contribution in [3.8, 4) is 5.75 Å². The van der Waals surface area contributed by atoms with E-state index in [1.807, 2.05) is 0 Å². The van der Waals surface area contributed by atoms with Crippen LogP contribution in [-0.4, -0.2) is 14.3 Å². The molecule has 146 valence electrons. The van der Waals surface area contributed by atoms with E-state index in [0.29, 0.717) is 17.1 Å². The van der Waals surface area contributed by atoms with Gasteiger partial charge in [-0.25, -0.2) is 17.9 Å². The maximum atomic E-state index is 12.9. The number of benzene rings is 2. The Hall–Kier alpha value is -3.17. The first kappa shape index (κ1) is 19.6. The van der Waals surface area contributed by atoms with Gasteiger partial charge in [0.1, 0.15) is 23.9 Å². The third-order valence-corrected chi connectivity index (χ3v) is 4.71. The van der Waals surface area contributed by atoms with Gasteiger partial charge in [0.15, 0.2) is 5.76 Å². The van der Waals surface area contributed by atoms with Crippen LogP contribution in [0, 0.1) is 5.82 Å². The van der Waals surface area contributed by atoms with Crippen LogP contribution < -0.4 is 15.2 Å². The standard InChI is InChI=1S/C19H17FN2O5S/c20-14-3-5-15(6-4-14)26-12-16-7-10-18(27-16)19(23)22-11-13-1-8-17(9-2-13)28(21,24)25/h1-10H,11-12H2,(H,22,23)(H2,21,24,25). The minimum absolute atomic E-state index is 0.000549. The van der Waals surface area contributed by atoms with Crippen LogP contribution in [-0.2, 0) is 23.2 Å². The zero-order chi connectivity index (χ0) is 20.1. The molecule has 7 nitrogen and oxygen atoms in total. The number of hydrogen-bond acceptors (Lipinski definition) is 5. The van der Waals surface area contributed by atoms with Crippen molar-refractivity contribution in [2.24, 2.45) is 5.14 Å². The first-order valence-corrected chi connectivity index (χ1v) is 9.73. The van der Waals surface area contributed by atoms with Crippen LogP contribution in [0.2, 0.25) is 0 Å². The molecule has 2 aromatic carbocycles. The molecule has 28 heavy (non-hydrogen) atoms. The van der Waals surface area contributed by atoms with Crippen LogP contribution in [0.5, 0.6) is 5.75 Å². The van der Waals surface area contributed by atoms with Crippen LogP contribution in [0.4, 0.5) is 4.39 Å². The first-order chi connectivity index (χ1) is 13.3. The smallest absolute Gasteiger partial charge is 0.287 e. The molecule has 0 spiro atoms. The topological polar surface area (TPSA) is 112 Å². The van der Waals surface area contributed by atoms with Gasteiger partial charge in [-0.2, -0.15) is 0 Å². The number of ether oxygens (including phenoxy) is 1. The maximum Gasteiger partial charge on any atom is 0.287 e. The fraction of sp³-hybridized carbons (Fsp3) is 0.105. The minimum Gasteiger partial charge on any atom is -0.486 e. The summed E-state index contributed by atoms with van der Waals surface area (Å²) in [5, 5.41) is 7.71. The van der Waals surface area contributed by atoms with Crippen molar-refractivity contribution in [2.45, 2.75) is 18.0 Å².